The summed E-state index contributed by atoms with van der Waals surface area (Å²) in [5.41, 5.74) is 10.5. The molecule has 2 nitrogen and oxygen atoms in total. The average molecular weight is 286 g/mol. The third kappa shape index (κ3) is 3.82. The van der Waals surface area contributed by atoms with Crippen molar-refractivity contribution in [1.82, 2.24) is 0 Å². The number of nitrogens with zero attached hydrogens (tertiary/aromatic N) is 1. The molecule has 0 aromatic heterocycles. The first-order valence-electron chi connectivity index (χ1n) is 7.39. The fourth-order valence-electron chi connectivity index (χ4n) is 2.63. The number of anilines is 2. The van der Waals surface area contributed by atoms with Crippen LogP contribution < -0.4 is 10.6 Å². The summed E-state index contributed by atoms with van der Waals surface area (Å²) in [6, 6.07) is 13.2. The van der Waals surface area contributed by atoms with Gasteiger partial charge in [-0.3, -0.25) is 0 Å². The molecule has 2 rings (SSSR count). The van der Waals surface area contributed by atoms with Gasteiger partial charge in [0.2, 0.25) is 0 Å². The highest BCUT2D eigenvalue weighted by molar-refractivity contribution is 5.66. The molecule has 0 spiro atoms. The molecule has 2 N–H and O–H groups in total. The summed E-state index contributed by atoms with van der Waals surface area (Å²) in [5, 5.41) is 0. The largest absolute Gasteiger partial charge is 0.342 e. The van der Waals surface area contributed by atoms with Gasteiger partial charge < -0.3 is 10.6 Å². The van der Waals surface area contributed by atoms with E-state index >= 15 is 0 Å². The molecule has 3 heteroatoms. The van der Waals surface area contributed by atoms with Crippen molar-refractivity contribution in [1.29, 1.82) is 0 Å². The van der Waals surface area contributed by atoms with Crippen molar-refractivity contribution in [3.8, 4) is 0 Å². The first kappa shape index (κ1) is 15.5. The Kier molecular flexibility index (Phi) is 4.97. The van der Waals surface area contributed by atoms with Crippen LogP contribution in [0.1, 0.15) is 25.0 Å². The monoisotopic (exact) mass is 286 g/mol. The van der Waals surface area contributed by atoms with E-state index in [1.807, 2.05) is 19.1 Å². The van der Waals surface area contributed by atoms with E-state index in [9.17, 15) is 4.39 Å². The van der Waals surface area contributed by atoms with Crippen LogP contribution in [-0.2, 0) is 6.42 Å². The quantitative estimate of drug-likeness (QED) is 0.893. The third-order valence-electron chi connectivity index (χ3n) is 3.56. The second-order valence-corrected chi connectivity index (χ2v) is 5.52. The van der Waals surface area contributed by atoms with Crippen molar-refractivity contribution >= 4 is 11.4 Å². The third-order valence-corrected chi connectivity index (χ3v) is 3.56. The number of benzene rings is 2. The maximum Gasteiger partial charge on any atom is 0.123 e. The molecule has 2 aromatic rings. The topological polar surface area (TPSA) is 29.3 Å². The van der Waals surface area contributed by atoms with E-state index in [-0.39, 0.29) is 11.9 Å². The van der Waals surface area contributed by atoms with Crippen molar-refractivity contribution in [2.24, 2.45) is 5.73 Å². The Morgan fingerprint density at radius 1 is 1.14 bits per heavy atom. The molecule has 112 valence electrons. The van der Waals surface area contributed by atoms with Crippen molar-refractivity contribution < 1.29 is 4.39 Å². The Hall–Kier alpha value is -1.87. The van der Waals surface area contributed by atoms with Gasteiger partial charge in [-0.05, 0) is 68.7 Å². The van der Waals surface area contributed by atoms with Crippen LogP contribution in [0.3, 0.4) is 0 Å². The molecule has 1 unspecified atom stereocenters. The van der Waals surface area contributed by atoms with Crippen molar-refractivity contribution in [3.05, 3.63) is 59.4 Å². The Labute approximate surface area is 126 Å². The standard InChI is InChI=1S/C18H23FN2/c1-4-21(17-8-6-16(19)7-9-17)18-10-5-15(11-13(18)2)12-14(3)20/h5-11,14H,4,12,20H2,1-3H3. The molecule has 21 heavy (non-hydrogen) atoms. The van der Waals surface area contributed by atoms with Gasteiger partial charge in [-0.15, -0.1) is 0 Å². The smallest absolute Gasteiger partial charge is 0.123 e. The molecule has 0 amide bonds. The van der Waals surface area contributed by atoms with E-state index in [2.05, 4.69) is 36.9 Å². The van der Waals surface area contributed by atoms with Gasteiger partial charge in [0, 0.05) is 24.0 Å². The molecule has 0 fully saturated rings. The minimum absolute atomic E-state index is 0.162. The predicted molar refractivity (Wildman–Crippen MR) is 87.6 cm³/mol. The van der Waals surface area contributed by atoms with Crippen LogP contribution in [0.5, 0.6) is 0 Å². The fraction of sp³-hybridized carbons (Fsp3) is 0.333. The van der Waals surface area contributed by atoms with Crippen LogP contribution in [-0.4, -0.2) is 12.6 Å². The molecule has 0 aliphatic rings. The molecule has 0 radical (unpaired) electrons. The van der Waals surface area contributed by atoms with Crippen molar-refractivity contribution in [3.63, 3.8) is 0 Å². The van der Waals surface area contributed by atoms with Gasteiger partial charge in [-0.1, -0.05) is 12.1 Å². The number of halogens is 1. The molecule has 1 atom stereocenters. The summed E-state index contributed by atoms with van der Waals surface area (Å²) in [6.45, 7) is 7.05. The second kappa shape index (κ2) is 6.72. The van der Waals surface area contributed by atoms with Gasteiger partial charge in [0.15, 0.2) is 0 Å². The van der Waals surface area contributed by atoms with Gasteiger partial charge >= 0.3 is 0 Å². The molecule has 0 aliphatic carbocycles. The molecule has 0 bridgehead atoms. The van der Waals surface area contributed by atoms with E-state index in [0.29, 0.717) is 0 Å². The van der Waals surface area contributed by atoms with Crippen LogP contribution >= 0.6 is 0 Å². The van der Waals surface area contributed by atoms with Gasteiger partial charge in [0.25, 0.3) is 0 Å². The van der Waals surface area contributed by atoms with Crippen LogP contribution in [0.2, 0.25) is 0 Å². The van der Waals surface area contributed by atoms with E-state index in [4.69, 9.17) is 5.73 Å². The maximum absolute atomic E-state index is 13.1. The van der Waals surface area contributed by atoms with E-state index in [1.54, 1.807) is 0 Å². The van der Waals surface area contributed by atoms with Crippen molar-refractivity contribution in [2.75, 3.05) is 11.4 Å². The van der Waals surface area contributed by atoms with E-state index < -0.39 is 0 Å². The number of aryl methyl sites for hydroxylation is 1. The second-order valence-electron chi connectivity index (χ2n) is 5.52. The zero-order valence-electron chi connectivity index (χ0n) is 12.9. The van der Waals surface area contributed by atoms with Crippen molar-refractivity contribution in [2.45, 2.75) is 33.2 Å². The molecule has 0 heterocycles. The summed E-state index contributed by atoms with van der Waals surface area (Å²) < 4.78 is 13.1. The van der Waals surface area contributed by atoms with Crippen LogP contribution in [0.15, 0.2) is 42.5 Å². The van der Waals surface area contributed by atoms with E-state index in [0.717, 1.165) is 24.3 Å². The summed E-state index contributed by atoms with van der Waals surface area (Å²) in [4.78, 5) is 2.18. The van der Waals surface area contributed by atoms with Crippen LogP contribution in [0, 0.1) is 12.7 Å². The Morgan fingerprint density at radius 2 is 1.81 bits per heavy atom. The number of hydrogen-bond donors (Lipinski definition) is 1. The summed E-state index contributed by atoms with van der Waals surface area (Å²) in [6.07, 6.45) is 0.879. The summed E-state index contributed by atoms with van der Waals surface area (Å²) in [5.74, 6) is -0.209. The molecule has 0 aliphatic heterocycles. The zero-order chi connectivity index (χ0) is 15.4. The van der Waals surface area contributed by atoms with Crippen LogP contribution in [0.4, 0.5) is 15.8 Å². The lowest BCUT2D eigenvalue weighted by atomic mass is 10.0. The van der Waals surface area contributed by atoms with Crippen LogP contribution in [0.25, 0.3) is 0 Å². The van der Waals surface area contributed by atoms with Gasteiger partial charge in [-0.25, -0.2) is 4.39 Å². The van der Waals surface area contributed by atoms with Gasteiger partial charge in [-0.2, -0.15) is 0 Å². The summed E-state index contributed by atoms with van der Waals surface area (Å²) >= 11 is 0. The molecule has 0 saturated carbocycles. The minimum atomic E-state index is -0.209. The first-order valence-corrected chi connectivity index (χ1v) is 7.39. The maximum atomic E-state index is 13.1. The Balaban J connectivity index is 2.32. The highest BCUT2D eigenvalue weighted by Crippen LogP contribution is 2.29. The SMILES string of the molecule is CCN(c1ccc(F)cc1)c1ccc(CC(C)N)cc1C. The Morgan fingerprint density at radius 3 is 2.33 bits per heavy atom. The lowest BCUT2D eigenvalue weighted by molar-refractivity contribution is 0.628. The minimum Gasteiger partial charge on any atom is -0.342 e. The number of rotatable bonds is 5. The highest BCUT2D eigenvalue weighted by atomic mass is 19.1. The fourth-order valence-corrected chi connectivity index (χ4v) is 2.63. The molecule has 0 saturated heterocycles. The molecule has 2 aromatic carbocycles. The highest BCUT2D eigenvalue weighted by Gasteiger charge is 2.11. The van der Waals surface area contributed by atoms with Gasteiger partial charge in [0.1, 0.15) is 5.82 Å². The Bertz CT molecular complexity index is 591. The number of nitrogens with two attached hydrogens (primary N) is 1. The molecular formula is C18H23FN2. The lowest BCUT2D eigenvalue weighted by Crippen LogP contribution is -2.19. The zero-order valence-corrected chi connectivity index (χ0v) is 12.9. The first-order chi connectivity index (χ1) is 10.0. The average Bonchev–Trinajstić information content (AvgIpc) is 2.43. The summed E-state index contributed by atoms with van der Waals surface area (Å²) in [7, 11) is 0. The number of hydrogen-bond acceptors (Lipinski definition) is 2. The van der Waals surface area contributed by atoms with E-state index in [1.165, 1.54) is 23.3 Å². The lowest BCUT2D eigenvalue weighted by Gasteiger charge is -2.25. The normalized spacial score (nSPS) is 12.2. The molecular weight excluding hydrogens is 263 g/mol. The predicted octanol–water partition coefficient (Wildman–Crippen LogP) is 4.18. The van der Waals surface area contributed by atoms with Gasteiger partial charge in [0.05, 0.1) is 0 Å².